The molecule has 1 aromatic rings. The lowest BCUT2D eigenvalue weighted by Crippen LogP contribution is -2.14. The summed E-state index contributed by atoms with van der Waals surface area (Å²) in [5, 5.41) is 0. The van der Waals surface area contributed by atoms with Crippen molar-refractivity contribution in [3.63, 3.8) is 0 Å². The third-order valence-corrected chi connectivity index (χ3v) is 4.50. The standard InChI is InChI=1S/C15H20O2/c1-10-6-8-11(9-7-10)17-13(16)12-14(2,3)15(12,4)5/h6-9,12H,1-5H3. The topological polar surface area (TPSA) is 26.3 Å². The van der Waals surface area contributed by atoms with Crippen molar-refractivity contribution in [2.24, 2.45) is 16.7 Å². The Morgan fingerprint density at radius 1 is 1.06 bits per heavy atom. The number of carbonyl (C=O) groups excluding carboxylic acids is 1. The van der Waals surface area contributed by atoms with Crippen molar-refractivity contribution in [2.75, 3.05) is 0 Å². The molecule has 2 rings (SSSR count). The van der Waals surface area contributed by atoms with Crippen molar-refractivity contribution >= 4 is 5.97 Å². The fraction of sp³-hybridized carbons (Fsp3) is 0.533. The molecule has 0 amide bonds. The Kier molecular flexibility index (Phi) is 2.57. The van der Waals surface area contributed by atoms with Gasteiger partial charge in [-0.15, -0.1) is 0 Å². The van der Waals surface area contributed by atoms with Crippen molar-refractivity contribution in [1.82, 2.24) is 0 Å². The van der Waals surface area contributed by atoms with Crippen LogP contribution < -0.4 is 4.74 Å². The quantitative estimate of drug-likeness (QED) is 0.575. The first kappa shape index (κ1) is 12.2. The molecule has 0 aromatic heterocycles. The molecule has 0 unspecified atom stereocenters. The Hall–Kier alpha value is -1.31. The molecule has 1 fully saturated rings. The van der Waals surface area contributed by atoms with E-state index in [0.29, 0.717) is 5.75 Å². The van der Waals surface area contributed by atoms with E-state index in [0.717, 1.165) is 5.56 Å². The van der Waals surface area contributed by atoms with Gasteiger partial charge in [0.1, 0.15) is 5.75 Å². The van der Waals surface area contributed by atoms with Crippen LogP contribution in [0.2, 0.25) is 0 Å². The van der Waals surface area contributed by atoms with Gasteiger partial charge in [-0.25, -0.2) is 0 Å². The Morgan fingerprint density at radius 3 is 1.94 bits per heavy atom. The van der Waals surface area contributed by atoms with Gasteiger partial charge in [0.05, 0.1) is 5.92 Å². The molecule has 0 saturated heterocycles. The molecule has 0 spiro atoms. The van der Waals surface area contributed by atoms with Crippen molar-refractivity contribution < 1.29 is 9.53 Å². The van der Waals surface area contributed by atoms with Crippen molar-refractivity contribution in [2.45, 2.75) is 34.6 Å². The van der Waals surface area contributed by atoms with Crippen molar-refractivity contribution in [1.29, 1.82) is 0 Å². The first-order chi connectivity index (χ1) is 7.76. The van der Waals surface area contributed by atoms with Gasteiger partial charge >= 0.3 is 5.97 Å². The Labute approximate surface area is 103 Å². The zero-order valence-electron chi connectivity index (χ0n) is 11.2. The third-order valence-electron chi connectivity index (χ3n) is 4.50. The zero-order valence-corrected chi connectivity index (χ0v) is 11.2. The Bertz CT molecular complexity index is 426. The zero-order chi connectivity index (χ0) is 12.8. The van der Waals surface area contributed by atoms with Crippen molar-refractivity contribution in [3.8, 4) is 5.75 Å². The fourth-order valence-electron chi connectivity index (χ4n) is 2.57. The summed E-state index contributed by atoms with van der Waals surface area (Å²) in [5.41, 5.74) is 1.24. The maximum atomic E-state index is 12.1. The van der Waals surface area contributed by atoms with Gasteiger partial charge in [0.25, 0.3) is 0 Å². The molecule has 0 N–H and O–H groups in total. The monoisotopic (exact) mass is 232 g/mol. The number of ether oxygens (including phenoxy) is 1. The molecule has 17 heavy (non-hydrogen) atoms. The van der Waals surface area contributed by atoms with E-state index in [9.17, 15) is 4.79 Å². The molecule has 0 atom stereocenters. The number of hydrogen-bond donors (Lipinski definition) is 0. The minimum Gasteiger partial charge on any atom is -0.426 e. The van der Waals surface area contributed by atoms with Gasteiger partial charge in [0.2, 0.25) is 0 Å². The Balaban J connectivity index is 2.07. The van der Waals surface area contributed by atoms with Gasteiger partial charge in [0, 0.05) is 0 Å². The molecule has 1 aromatic carbocycles. The molecule has 92 valence electrons. The van der Waals surface area contributed by atoms with Crippen LogP contribution in [0.25, 0.3) is 0 Å². The lowest BCUT2D eigenvalue weighted by molar-refractivity contribution is -0.137. The van der Waals surface area contributed by atoms with Crippen LogP contribution in [0.15, 0.2) is 24.3 Å². The average Bonchev–Trinajstić information content (AvgIpc) is 2.61. The number of benzene rings is 1. The summed E-state index contributed by atoms with van der Waals surface area (Å²) in [6.45, 7) is 10.5. The summed E-state index contributed by atoms with van der Waals surface area (Å²) in [4.78, 5) is 12.1. The summed E-state index contributed by atoms with van der Waals surface area (Å²) < 4.78 is 5.43. The van der Waals surface area contributed by atoms with Crippen LogP contribution >= 0.6 is 0 Å². The highest BCUT2D eigenvalue weighted by molar-refractivity contribution is 5.80. The van der Waals surface area contributed by atoms with E-state index >= 15 is 0 Å². The van der Waals surface area contributed by atoms with Crippen LogP contribution in [0.4, 0.5) is 0 Å². The Morgan fingerprint density at radius 2 is 1.53 bits per heavy atom. The van der Waals surface area contributed by atoms with E-state index in [1.54, 1.807) is 0 Å². The van der Waals surface area contributed by atoms with E-state index in [1.165, 1.54) is 0 Å². The SMILES string of the molecule is Cc1ccc(OC(=O)C2C(C)(C)C2(C)C)cc1. The normalized spacial score (nSPS) is 21.0. The average molecular weight is 232 g/mol. The second-order valence-corrected chi connectivity index (χ2v) is 6.11. The highest BCUT2D eigenvalue weighted by Gasteiger charge is 2.69. The number of rotatable bonds is 2. The minimum absolute atomic E-state index is 0.00342. The summed E-state index contributed by atoms with van der Waals surface area (Å²) in [6.07, 6.45) is 0. The predicted octanol–water partition coefficient (Wildman–Crippen LogP) is 3.58. The van der Waals surface area contributed by atoms with Crippen LogP contribution in [-0.4, -0.2) is 5.97 Å². The lowest BCUT2D eigenvalue weighted by Gasteiger charge is -2.05. The van der Waals surface area contributed by atoms with Gasteiger partial charge in [0.15, 0.2) is 0 Å². The predicted molar refractivity (Wildman–Crippen MR) is 67.9 cm³/mol. The molecule has 2 nitrogen and oxygen atoms in total. The van der Waals surface area contributed by atoms with E-state index in [2.05, 4.69) is 27.7 Å². The fourth-order valence-corrected chi connectivity index (χ4v) is 2.57. The maximum Gasteiger partial charge on any atom is 0.315 e. The summed E-state index contributed by atoms with van der Waals surface area (Å²) >= 11 is 0. The summed E-state index contributed by atoms with van der Waals surface area (Å²) in [7, 11) is 0. The van der Waals surface area contributed by atoms with Gasteiger partial charge < -0.3 is 4.74 Å². The molecule has 0 aliphatic heterocycles. The van der Waals surface area contributed by atoms with Gasteiger partial charge in [-0.2, -0.15) is 0 Å². The summed E-state index contributed by atoms with van der Waals surface area (Å²) in [5.74, 6) is 0.527. The number of carbonyl (C=O) groups is 1. The molecular formula is C15H20O2. The van der Waals surface area contributed by atoms with Crippen molar-refractivity contribution in [3.05, 3.63) is 29.8 Å². The lowest BCUT2D eigenvalue weighted by atomic mass is 10.0. The molecule has 1 aliphatic rings. The molecule has 1 saturated carbocycles. The van der Waals surface area contributed by atoms with Crippen LogP contribution in [-0.2, 0) is 4.79 Å². The summed E-state index contributed by atoms with van der Waals surface area (Å²) in [6, 6.07) is 7.59. The van der Waals surface area contributed by atoms with Crippen LogP contribution in [0.1, 0.15) is 33.3 Å². The van der Waals surface area contributed by atoms with E-state index in [4.69, 9.17) is 4.74 Å². The molecule has 0 bridgehead atoms. The number of esters is 1. The van der Waals surface area contributed by atoms with Crippen LogP contribution in [0, 0.1) is 23.7 Å². The van der Waals surface area contributed by atoms with Gasteiger partial charge in [-0.3, -0.25) is 4.79 Å². The largest absolute Gasteiger partial charge is 0.426 e. The highest BCUT2D eigenvalue weighted by atomic mass is 16.5. The first-order valence-corrected chi connectivity index (χ1v) is 6.05. The molecule has 0 heterocycles. The first-order valence-electron chi connectivity index (χ1n) is 6.05. The van der Waals surface area contributed by atoms with Crippen LogP contribution in [0.5, 0.6) is 5.75 Å². The third kappa shape index (κ3) is 1.86. The molecular weight excluding hydrogens is 212 g/mol. The smallest absolute Gasteiger partial charge is 0.315 e. The molecule has 0 radical (unpaired) electrons. The number of aryl methyl sites for hydroxylation is 1. The van der Waals surface area contributed by atoms with E-state index in [1.807, 2.05) is 31.2 Å². The second kappa shape index (κ2) is 3.59. The molecule has 1 aliphatic carbocycles. The minimum atomic E-state index is -0.108. The second-order valence-electron chi connectivity index (χ2n) is 6.11. The van der Waals surface area contributed by atoms with Gasteiger partial charge in [-0.1, -0.05) is 45.4 Å². The maximum absolute atomic E-state index is 12.1. The van der Waals surface area contributed by atoms with E-state index in [-0.39, 0.29) is 22.7 Å². The van der Waals surface area contributed by atoms with Gasteiger partial charge in [-0.05, 0) is 29.9 Å². The molecule has 2 heteroatoms. The van der Waals surface area contributed by atoms with Crippen LogP contribution in [0.3, 0.4) is 0 Å². The van der Waals surface area contributed by atoms with E-state index < -0.39 is 0 Å². The number of hydrogen-bond acceptors (Lipinski definition) is 2. The highest BCUT2D eigenvalue weighted by Crippen LogP contribution is 2.68.